The topological polar surface area (TPSA) is 55.1 Å². The van der Waals surface area contributed by atoms with Gasteiger partial charge in [0.2, 0.25) is 0 Å². The Bertz CT molecular complexity index is 303. The van der Waals surface area contributed by atoms with Gasteiger partial charge >= 0.3 is 0 Å². The van der Waals surface area contributed by atoms with Gasteiger partial charge < -0.3 is 9.84 Å². The fourth-order valence-corrected chi connectivity index (χ4v) is 1.86. The lowest BCUT2D eigenvalue weighted by atomic mass is 9.95. The molecule has 0 spiro atoms. The van der Waals surface area contributed by atoms with Crippen molar-refractivity contribution in [3.05, 3.63) is 17.5 Å². The minimum atomic E-state index is 0.392. The second kappa shape index (κ2) is 4.37. The van der Waals surface area contributed by atoms with Crippen LogP contribution in [0.5, 0.6) is 0 Å². The number of nitrogens with zero attached hydrogens (tertiary/aromatic N) is 1. The number of aromatic nitrogens is 1. The Morgan fingerprint density at radius 1 is 1.71 bits per heavy atom. The zero-order valence-electron chi connectivity index (χ0n) is 8.03. The molecule has 1 aliphatic heterocycles. The van der Waals surface area contributed by atoms with Crippen LogP contribution in [0.15, 0.2) is 10.6 Å². The second-order valence-electron chi connectivity index (χ2n) is 3.75. The number of nitrogens with one attached hydrogen (secondary N) is 1. The maximum Gasteiger partial charge on any atom is 0.171 e. The molecule has 0 radical (unpaired) electrons. The molecule has 2 rings (SSSR count). The molecule has 1 saturated heterocycles. The van der Waals surface area contributed by atoms with E-state index in [4.69, 9.17) is 4.52 Å². The molecule has 1 aliphatic rings. The van der Waals surface area contributed by atoms with E-state index in [-0.39, 0.29) is 0 Å². The first-order valence-electron chi connectivity index (χ1n) is 5.00. The van der Waals surface area contributed by atoms with Crippen LogP contribution in [0.3, 0.4) is 0 Å². The average Bonchev–Trinajstić information content (AvgIpc) is 2.67. The van der Waals surface area contributed by atoms with Crippen LogP contribution in [0.25, 0.3) is 0 Å². The molecule has 0 amide bonds. The SMILES string of the molecule is O=Cc1cc(CC2CCCNC2)on1. The fraction of sp³-hybridized carbons (Fsp3) is 0.600. The van der Waals surface area contributed by atoms with Crippen LogP contribution in [-0.4, -0.2) is 24.5 Å². The van der Waals surface area contributed by atoms with Gasteiger partial charge in [0.25, 0.3) is 0 Å². The van der Waals surface area contributed by atoms with Crippen LogP contribution in [0, 0.1) is 5.92 Å². The van der Waals surface area contributed by atoms with E-state index in [9.17, 15) is 4.79 Å². The Morgan fingerprint density at radius 2 is 2.64 bits per heavy atom. The summed E-state index contributed by atoms with van der Waals surface area (Å²) in [5.41, 5.74) is 0.392. The molecule has 4 nitrogen and oxygen atoms in total. The molecule has 1 fully saturated rings. The molecule has 0 bridgehead atoms. The number of rotatable bonds is 3. The summed E-state index contributed by atoms with van der Waals surface area (Å²) in [6, 6.07) is 1.72. The highest BCUT2D eigenvalue weighted by molar-refractivity contribution is 5.71. The highest BCUT2D eigenvalue weighted by Crippen LogP contribution is 2.16. The van der Waals surface area contributed by atoms with Gasteiger partial charge in [0.15, 0.2) is 6.29 Å². The van der Waals surface area contributed by atoms with E-state index in [0.29, 0.717) is 17.9 Å². The molecule has 76 valence electrons. The van der Waals surface area contributed by atoms with Crippen molar-refractivity contribution in [3.8, 4) is 0 Å². The summed E-state index contributed by atoms with van der Waals surface area (Å²) in [6.45, 7) is 2.16. The van der Waals surface area contributed by atoms with Gasteiger partial charge in [-0.3, -0.25) is 4.79 Å². The van der Waals surface area contributed by atoms with Gasteiger partial charge in [-0.2, -0.15) is 0 Å². The molecule has 0 saturated carbocycles. The van der Waals surface area contributed by atoms with Crippen molar-refractivity contribution in [1.82, 2.24) is 10.5 Å². The van der Waals surface area contributed by atoms with Gasteiger partial charge in [0.05, 0.1) is 0 Å². The summed E-state index contributed by atoms with van der Waals surface area (Å²) >= 11 is 0. The molecule has 0 aliphatic carbocycles. The van der Waals surface area contributed by atoms with Crippen LogP contribution >= 0.6 is 0 Å². The smallest absolute Gasteiger partial charge is 0.171 e. The Kier molecular flexibility index (Phi) is 2.93. The number of aldehydes is 1. The third-order valence-corrected chi connectivity index (χ3v) is 2.59. The van der Waals surface area contributed by atoms with Crippen molar-refractivity contribution in [1.29, 1.82) is 0 Å². The van der Waals surface area contributed by atoms with E-state index < -0.39 is 0 Å². The molecule has 2 heterocycles. The van der Waals surface area contributed by atoms with Crippen LogP contribution in [0.4, 0.5) is 0 Å². The molecule has 4 heteroatoms. The van der Waals surface area contributed by atoms with Crippen molar-refractivity contribution >= 4 is 6.29 Å². The molecule has 14 heavy (non-hydrogen) atoms. The Balaban J connectivity index is 1.92. The van der Waals surface area contributed by atoms with E-state index in [1.807, 2.05) is 0 Å². The van der Waals surface area contributed by atoms with Crippen LogP contribution < -0.4 is 5.32 Å². The summed E-state index contributed by atoms with van der Waals surface area (Å²) < 4.78 is 5.05. The van der Waals surface area contributed by atoms with Gasteiger partial charge in [0.1, 0.15) is 11.5 Å². The Labute approximate surface area is 82.7 Å². The van der Waals surface area contributed by atoms with E-state index >= 15 is 0 Å². The second-order valence-corrected chi connectivity index (χ2v) is 3.75. The molecular formula is C10H14N2O2. The number of piperidine rings is 1. The van der Waals surface area contributed by atoms with Crippen molar-refractivity contribution in [2.24, 2.45) is 5.92 Å². The lowest BCUT2D eigenvalue weighted by molar-refractivity contribution is 0.111. The third kappa shape index (κ3) is 2.20. The molecule has 1 aromatic heterocycles. The highest BCUT2D eigenvalue weighted by atomic mass is 16.5. The van der Waals surface area contributed by atoms with Gasteiger partial charge in [-0.1, -0.05) is 5.16 Å². The summed E-state index contributed by atoms with van der Waals surface area (Å²) in [6.07, 6.45) is 4.05. The Hall–Kier alpha value is -1.16. The Morgan fingerprint density at radius 3 is 3.29 bits per heavy atom. The van der Waals surface area contributed by atoms with E-state index in [0.717, 1.165) is 25.3 Å². The van der Waals surface area contributed by atoms with Crippen molar-refractivity contribution < 1.29 is 9.32 Å². The summed E-state index contributed by atoms with van der Waals surface area (Å²) in [5, 5.41) is 6.98. The third-order valence-electron chi connectivity index (χ3n) is 2.59. The fourth-order valence-electron chi connectivity index (χ4n) is 1.86. The normalized spacial score (nSPS) is 22.1. The number of carbonyl (C=O) groups excluding carboxylic acids is 1. The van der Waals surface area contributed by atoms with Gasteiger partial charge in [-0.25, -0.2) is 0 Å². The molecular weight excluding hydrogens is 180 g/mol. The molecule has 1 N–H and O–H groups in total. The maximum absolute atomic E-state index is 10.4. The van der Waals surface area contributed by atoms with Crippen molar-refractivity contribution in [2.75, 3.05) is 13.1 Å². The first-order chi connectivity index (χ1) is 6.88. The number of carbonyl (C=O) groups is 1. The maximum atomic E-state index is 10.4. The largest absolute Gasteiger partial charge is 0.361 e. The predicted molar refractivity (Wildman–Crippen MR) is 51.2 cm³/mol. The quantitative estimate of drug-likeness (QED) is 0.730. The molecule has 1 atom stereocenters. The minimum Gasteiger partial charge on any atom is -0.361 e. The first-order valence-corrected chi connectivity index (χ1v) is 5.00. The highest BCUT2D eigenvalue weighted by Gasteiger charge is 2.15. The number of hydrogen-bond acceptors (Lipinski definition) is 4. The molecule has 0 aromatic carbocycles. The average molecular weight is 194 g/mol. The number of hydrogen-bond donors (Lipinski definition) is 1. The summed E-state index contributed by atoms with van der Waals surface area (Å²) in [4.78, 5) is 10.4. The first kappa shape index (κ1) is 9.40. The lowest BCUT2D eigenvalue weighted by Crippen LogP contribution is -2.30. The van der Waals surface area contributed by atoms with Crippen LogP contribution in [0.1, 0.15) is 29.1 Å². The van der Waals surface area contributed by atoms with Crippen molar-refractivity contribution in [2.45, 2.75) is 19.3 Å². The van der Waals surface area contributed by atoms with Gasteiger partial charge in [0, 0.05) is 12.5 Å². The van der Waals surface area contributed by atoms with E-state index in [2.05, 4.69) is 10.5 Å². The monoisotopic (exact) mass is 194 g/mol. The molecule has 1 aromatic rings. The lowest BCUT2D eigenvalue weighted by Gasteiger charge is -2.21. The zero-order chi connectivity index (χ0) is 9.80. The van der Waals surface area contributed by atoms with E-state index in [1.165, 1.54) is 12.8 Å². The minimum absolute atomic E-state index is 0.392. The van der Waals surface area contributed by atoms with Gasteiger partial charge in [-0.05, 0) is 31.8 Å². The van der Waals surface area contributed by atoms with Crippen LogP contribution in [0.2, 0.25) is 0 Å². The summed E-state index contributed by atoms with van der Waals surface area (Å²) in [7, 11) is 0. The van der Waals surface area contributed by atoms with Crippen LogP contribution in [-0.2, 0) is 6.42 Å². The summed E-state index contributed by atoms with van der Waals surface area (Å²) in [5.74, 6) is 1.44. The zero-order valence-corrected chi connectivity index (χ0v) is 8.03. The standard InChI is InChI=1S/C10H14N2O2/c13-7-9-5-10(14-12-9)4-8-2-1-3-11-6-8/h5,7-8,11H,1-4,6H2. The van der Waals surface area contributed by atoms with Crippen molar-refractivity contribution in [3.63, 3.8) is 0 Å². The van der Waals surface area contributed by atoms with E-state index in [1.54, 1.807) is 6.07 Å². The van der Waals surface area contributed by atoms with Gasteiger partial charge in [-0.15, -0.1) is 0 Å². The predicted octanol–water partition coefficient (Wildman–Crippen LogP) is 1.03. The molecule has 1 unspecified atom stereocenters.